The van der Waals surface area contributed by atoms with Crippen LogP contribution in [0.25, 0.3) is 0 Å². The molecular formula is C19H19F3N2O5. The van der Waals surface area contributed by atoms with Gasteiger partial charge in [0.05, 0.1) is 10.5 Å². The van der Waals surface area contributed by atoms with Gasteiger partial charge in [0, 0.05) is 19.2 Å². The maximum atomic E-state index is 12.9. The minimum absolute atomic E-state index is 0.0142. The van der Waals surface area contributed by atoms with Gasteiger partial charge in [0.1, 0.15) is 22.8 Å². The van der Waals surface area contributed by atoms with E-state index in [0.29, 0.717) is 0 Å². The molecule has 2 rings (SSSR count). The lowest BCUT2D eigenvalue weighted by atomic mass is 10.2. The third-order valence-corrected chi connectivity index (χ3v) is 3.57. The Hall–Kier alpha value is -3.30. The molecule has 0 heterocycles. The van der Waals surface area contributed by atoms with Crippen molar-refractivity contribution < 1.29 is 32.4 Å². The summed E-state index contributed by atoms with van der Waals surface area (Å²) < 4.78 is 49.2. The van der Waals surface area contributed by atoms with Crippen molar-refractivity contribution in [2.24, 2.45) is 0 Å². The van der Waals surface area contributed by atoms with Gasteiger partial charge in [-0.1, -0.05) is 6.07 Å². The number of halogens is 3. The molecule has 0 bridgehead atoms. The highest BCUT2D eigenvalue weighted by Gasteiger charge is 2.31. The summed E-state index contributed by atoms with van der Waals surface area (Å²) in [6.07, 6.45) is -5.38. The Kier molecular flexibility index (Phi) is 6.05. The van der Waals surface area contributed by atoms with Crippen molar-refractivity contribution in [1.29, 1.82) is 0 Å². The predicted molar refractivity (Wildman–Crippen MR) is 99.3 cm³/mol. The number of hydrogen-bond acceptors (Lipinski definition) is 5. The Labute approximate surface area is 164 Å². The van der Waals surface area contributed by atoms with E-state index in [1.54, 1.807) is 20.8 Å². The molecular weight excluding hydrogens is 393 g/mol. The van der Waals surface area contributed by atoms with E-state index in [1.165, 1.54) is 31.3 Å². The lowest BCUT2D eigenvalue weighted by Gasteiger charge is -2.24. The number of nitrogens with zero attached hydrogens (tertiary/aromatic N) is 2. The molecule has 0 saturated carbocycles. The zero-order valence-corrected chi connectivity index (χ0v) is 16.1. The van der Waals surface area contributed by atoms with Crippen molar-refractivity contribution in [2.45, 2.75) is 32.5 Å². The molecule has 1 amide bonds. The molecule has 2 aromatic carbocycles. The summed E-state index contributed by atoms with van der Waals surface area (Å²) in [5.74, 6) is -0.0973. The Bertz CT molecular complexity index is 923. The highest BCUT2D eigenvalue weighted by Crippen LogP contribution is 2.36. The van der Waals surface area contributed by atoms with Gasteiger partial charge in [-0.05, 0) is 45.0 Å². The number of carbonyl (C=O) groups excluding carboxylic acids is 1. The highest BCUT2D eigenvalue weighted by atomic mass is 19.4. The zero-order chi connectivity index (χ0) is 22.0. The van der Waals surface area contributed by atoms with Crippen LogP contribution in [0.15, 0.2) is 42.5 Å². The zero-order valence-electron chi connectivity index (χ0n) is 16.1. The van der Waals surface area contributed by atoms with Gasteiger partial charge in [0.2, 0.25) is 0 Å². The Morgan fingerprint density at radius 2 is 1.69 bits per heavy atom. The minimum Gasteiger partial charge on any atom is -0.457 e. The van der Waals surface area contributed by atoms with Crippen LogP contribution in [0.3, 0.4) is 0 Å². The number of carbonyl (C=O) groups is 1. The second kappa shape index (κ2) is 7.98. The molecule has 0 atom stereocenters. The molecule has 0 aromatic heterocycles. The summed E-state index contributed by atoms with van der Waals surface area (Å²) in [6, 6.07) is 7.69. The van der Waals surface area contributed by atoms with E-state index < -0.39 is 34.0 Å². The predicted octanol–water partition coefficient (Wildman–Crippen LogP) is 5.78. The SMILES string of the molecule is CN(C(=O)OC(C)(C)C)c1cc(Oc2cccc(C(F)(F)F)c2)ccc1[N+](=O)[O-]. The van der Waals surface area contributed by atoms with Crippen LogP contribution in [-0.4, -0.2) is 23.7 Å². The van der Waals surface area contributed by atoms with Crippen LogP contribution >= 0.6 is 0 Å². The summed E-state index contributed by atoms with van der Waals surface area (Å²) in [5.41, 5.74) is -2.25. The molecule has 0 saturated heterocycles. The fourth-order valence-electron chi connectivity index (χ4n) is 2.29. The van der Waals surface area contributed by atoms with Crippen LogP contribution < -0.4 is 9.64 Å². The molecule has 2 aromatic rings. The maximum Gasteiger partial charge on any atom is 0.416 e. The molecule has 0 spiro atoms. The number of hydrogen-bond donors (Lipinski definition) is 0. The van der Waals surface area contributed by atoms with Crippen LogP contribution in [0.2, 0.25) is 0 Å². The van der Waals surface area contributed by atoms with E-state index in [2.05, 4.69) is 0 Å². The van der Waals surface area contributed by atoms with Crippen molar-refractivity contribution in [1.82, 2.24) is 0 Å². The third-order valence-electron chi connectivity index (χ3n) is 3.57. The standard InChI is InChI=1S/C19H19F3N2O5/c1-18(2,3)29-17(25)23(4)16-11-14(8-9-15(16)24(26)27)28-13-7-5-6-12(10-13)19(20,21)22/h5-11H,1-4H3. The minimum atomic E-state index is -4.54. The molecule has 0 radical (unpaired) electrons. The molecule has 0 aliphatic rings. The van der Waals surface area contributed by atoms with Gasteiger partial charge in [0.25, 0.3) is 5.69 Å². The normalized spacial score (nSPS) is 11.7. The monoisotopic (exact) mass is 412 g/mol. The lowest BCUT2D eigenvalue weighted by molar-refractivity contribution is -0.384. The average Bonchev–Trinajstić information content (AvgIpc) is 2.59. The Balaban J connectivity index is 2.38. The third kappa shape index (κ3) is 5.84. The Morgan fingerprint density at radius 3 is 2.24 bits per heavy atom. The van der Waals surface area contributed by atoms with Crippen LogP contribution in [0.1, 0.15) is 26.3 Å². The molecule has 0 aliphatic heterocycles. The second-order valence-corrected chi connectivity index (χ2v) is 7.07. The van der Waals surface area contributed by atoms with Crippen molar-refractivity contribution in [3.05, 3.63) is 58.1 Å². The molecule has 7 nitrogen and oxygen atoms in total. The van der Waals surface area contributed by atoms with Gasteiger partial charge >= 0.3 is 12.3 Å². The van der Waals surface area contributed by atoms with Crippen molar-refractivity contribution >= 4 is 17.5 Å². The smallest absolute Gasteiger partial charge is 0.416 e. The van der Waals surface area contributed by atoms with Gasteiger partial charge in [-0.25, -0.2) is 4.79 Å². The summed E-state index contributed by atoms with van der Waals surface area (Å²) in [6.45, 7) is 4.92. The van der Waals surface area contributed by atoms with Crippen LogP contribution in [0.4, 0.5) is 29.3 Å². The summed E-state index contributed by atoms with van der Waals surface area (Å²) in [5, 5.41) is 11.3. The first-order chi connectivity index (χ1) is 13.3. The largest absolute Gasteiger partial charge is 0.457 e. The molecule has 0 aliphatic carbocycles. The van der Waals surface area contributed by atoms with Gasteiger partial charge in [-0.15, -0.1) is 0 Å². The number of alkyl halides is 3. The van der Waals surface area contributed by atoms with Crippen molar-refractivity contribution in [2.75, 3.05) is 11.9 Å². The second-order valence-electron chi connectivity index (χ2n) is 7.07. The summed E-state index contributed by atoms with van der Waals surface area (Å²) in [4.78, 5) is 23.8. The Morgan fingerprint density at radius 1 is 1.07 bits per heavy atom. The van der Waals surface area contributed by atoms with Crippen LogP contribution in [-0.2, 0) is 10.9 Å². The van der Waals surface area contributed by atoms with Crippen molar-refractivity contribution in [3.8, 4) is 11.5 Å². The molecule has 29 heavy (non-hydrogen) atoms. The van der Waals surface area contributed by atoms with Gasteiger partial charge in [0.15, 0.2) is 0 Å². The van der Waals surface area contributed by atoms with Crippen LogP contribution in [0, 0.1) is 10.1 Å². The van der Waals surface area contributed by atoms with Gasteiger partial charge in [-0.3, -0.25) is 15.0 Å². The average molecular weight is 412 g/mol. The number of amides is 1. The first-order valence-corrected chi connectivity index (χ1v) is 8.38. The fourth-order valence-corrected chi connectivity index (χ4v) is 2.29. The van der Waals surface area contributed by atoms with E-state index in [0.717, 1.165) is 23.1 Å². The number of anilines is 1. The first-order valence-electron chi connectivity index (χ1n) is 8.38. The van der Waals surface area contributed by atoms with Crippen molar-refractivity contribution in [3.63, 3.8) is 0 Å². The van der Waals surface area contributed by atoms with E-state index in [1.807, 2.05) is 0 Å². The molecule has 0 unspecified atom stereocenters. The van der Waals surface area contributed by atoms with E-state index >= 15 is 0 Å². The van der Waals surface area contributed by atoms with E-state index in [4.69, 9.17) is 9.47 Å². The number of nitro groups is 1. The molecule has 156 valence electrons. The van der Waals surface area contributed by atoms with E-state index in [9.17, 15) is 28.1 Å². The molecule has 0 N–H and O–H groups in total. The first kappa shape index (κ1) is 22.0. The molecule has 10 heteroatoms. The molecule has 0 fully saturated rings. The summed E-state index contributed by atoms with van der Waals surface area (Å²) >= 11 is 0. The van der Waals surface area contributed by atoms with Gasteiger partial charge in [-0.2, -0.15) is 13.2 Å². The number of benzene rings is 2. The van der Waals surface area contributed by atoms with Gasteiger partial charge < -0.3 is 9.47 Å². The topological polar surface area (TPSA) is 81.9 Å². The lowest BCUT2D eigenvalue weighted by Crippen LogP contribution is -2.34. The number of nitro benzene ring substituents is 1. The summed E-state index contributed by atoms with van der Waals surface area (Å²) in [7, 11) is 1.28. The van der Waals surface area contributed by atoms with E-state index in [-0.39, 0.29) is 17.2 Å². The highest BCUT2D eigenvalue weighted by molar-refractivity contribution is 5.90. The fraction of sp³-hybridized carbons (Fsp3) is 0.316. The van der Waals surface area contributed by atoms with Crippen LogP contribution in [0.5, 0.6) is 11.5 Å². The maximum absolute atomic E-state index is 12.9. The number of rotatable bonds is 4. The number of ether oxygens (including phenoxy) is 2. The quantitative estimate of drug-likeness (QED) is 0.470.